The number of guanidine groups is 1. The molecule has 2 aromatic rings. The van der Waals surface area contributed by atoms with Crippen molar-refractivity contribution in [2.75, 3.05) is 7.05 Å². The molecule has 3 rings (SSSR count). The number of hydrogen-bond acceptors (Lipinski definition) is 3. The zero-order chi connectivity index (χ0) is 17.1. The van der Waals surface area contributed by atoms with Crippen molar-refractivity contribution in [3.63, 3.8) is 0 Å². The molecule has 6 nitrogen and oxygen atoms in total. The fraction of sp³-hybridized carbons (Fsp3) is 0.471. The Kier molecular flexibility index (Phi) is 5.18. The molecule has 1 aromatic heterocycles. The second kappa shape index (κ2) is 7.34. The van der Waals surface area contributed by atoms with Crippen LogP contribution in [0.2, 0.25) is 0 Å². The number of hydrogen-bond donors (Lipinski definition) is 1. The lowest BCUT2D eigenvalue weighted by atomic mass is 10.2. The van der Waals surface area contributed by atoms with E-state index in [0.29, 0.717) is 12.6 Å². The van der Waals surface area contributed by atoms with Crippen LogP contribution in [-0.4, -0.2) is 38.7 Å². The molecule has 0 radical (unpaired) electrons. The molecule has 24 heavy (non-hydrogen) atoms. The van der Waals surface area contributed by atoms with Crippen molar-refractivity contribution in [3.05, 3.63) is 46.0 Å². The number of aryl methyl sites for hydroxylation is 1. The fourth-order valence-electron chi connectivity index (χ4n) is 2.38. The number of aromatic nitrogens is 3. The van der Waals surface area contributed by atoms with Gasteiger partial charge in [0.1, 0.15) is 12.4 Å². The first-order valence-electron chi connectivity index (χ1n) is 8.15. The summed E-state index contributed by atoms with van der Waals surface area (Å²) in [6, 6.07) is 8.83. The van der Waals surface area contributed by atoms with Crippen molar-refractivity contribution in [1.29, 1.82) is 0 Å². The van der Waals surface area contributed by atoms with Gasteiger partial charge in [-0.25, -0.2) is 4.99 Å². The summed E-state index contributed by atoms with van der Waals surface area (Å²) in [6.07, 6.45) is 2.43. The highest BCUT2D eigenvalue weighted by Gasteiger charge is 2.24. The Hall–Kier alpha value is -1.89. The third-order valence-corrected chi connectivity index (χ3v) is 4.96. The molecule has 0 unspecified atom stereocenters. The Labute approximate surface area is 151 Å². The average molecular weight is 391 g/mol. The minimum Gasteiger partial charge on any atom is -0.353 e. The first-order valence-corrected chi connectivity index (χ1v) is 8.94. The Balaban J connectivity index is 1.73. The zero-order valence-electron chi connectivity index (χ0n) is 14.3. The highest BCUT2D eigenvalue weighted by atomic mass is 79.9. The Morgan fingerprint density at radius 2 is 2.12 bits per heavy atom. The number of benzene rings is 1. The maximum atomic E-state index is 4.77. The van der Waals surface area contributed by atoms with Crippen LogP contribution in [0, 0.1) is 6.92 Å². The summed E-state index contributed by atoms with van der Waals surface area (Å²) in [5.41, 5.74) is 1.24. The van der Waals surface area contributed by atoms with Gasteiger partial charge in [0.25, 0.3) is 0 Å². The van der Waals surface area contributed by atoms with Gasteiger partial charge in [0, 0.05) is 31.2 Å². The van der Waals surface area contributed by atoms with E-state index in [9.17, 15) is 0 Å². The SMILES string of the molecule is Cc1nnc(CN=C(NC2CC2)N(C)Cc2ccccc2Br)n1C. The van der Waals surface area contributed by atoms with Gasteiger partial charge in [-0.1, -0.05) is 34.1 Å². The lowest BCUT2D eigenvalue weighted by Crippen LogP contribution is -2.39. The first kappa shape index (κ1) is 17.0. The van der Waals surface area contributed by atoms with Crippen molar-refractivity contribution in [2.24, 2.45) is 12.0 Å². The van der Waals surface area contributed by atoms with Crippen molar-refractivity contribution in [2.45, 2.75) is 38.9 Å². The second-order valence-electron chi connectivity index (χ2n) is 6.23. The van der Waals surface area contributed by atoms with Crippen molar-refractivity contribution < 1.29 is 0 Å². The zero-order valence-corrected chi connectivity index (χ0v) is 15.9. The van der Waals surface area contributed by atoms with Gasteiger partial charge in [-0.2, -0.15) is 0 Å². The summed E-state index contributed by atoms with van der Waals surface area (Å²) in [6.45, 7) is 3.26. The van der Waals surface area contributed by atoms with Gasteiger partial charge in [-0.05, 0) is 31.4 Å². The van der Waals surface area contributed by atoms with Crippen molar-refractivity contribution >= 4 is 21.9 Å². The minimum absolute atomic E-state index is 0.521. The van der Waals surface area contributed by atoms with Gasteiger partial charge in [0.2, 0.25) is 0 Å². The Bertz CT molecular complexity index is 734. The molecule has 0 bridgehead atoms. The maximum Gasteiger partial charge on any atom is 0.194 e. The minimum atomic E-state index is 0.521. The summed E-state index contributed by atoms with van der Waals surface area (Å²) >= 11 is 3.62. The topological polar surface area (TPSA) is 58.3 Å². The van der Waals surface area contributed by atoms with Crippen molar-refractivity contribution in [3.8, 4) is 0 Å². The van der Waals surface area contributed by atoms with Crippen molar-refractivity contribution in [1.82, 2.24) is 25.0 Å². The molecule has 0 aliphatic heterocycles. The monoisotopic (exact) mass is 390 g/mol. The number of nitrogens with one attached hydrogen (secondary N) is 1. The van der Waals surface area contributed by atoms with E-state index < -0.39 is 0 Å². The van der Waals surface area contributed by atoms with Gasteiger partial charge >= 0.3 is 0 Å². The largest absolute Gasteiger partial charge is 0.353 e. The van der Waals surface area contributed by atoms with Crippen LogP contribution in [0.4, 0.5) is 0 Å². The van der Waals surface area contributed by atoms with E-state index in [4.69, 9.17) is 4.99 Å². The molecular formula is C17H23BrN6. The molecule has 7 heteroatoms. The number of aliphatic imine (C=N–C) groups is 1. The molecular weight excluding hydrogens is 368 g/mol. The average Bonchev–Trinajstić information content (AvgIpc) is 3.33. The van der Waals surface area contributed by atoms with E-state index in [2.05, 4.69) is 61.6 Å². The predicted molar refractivity (Wildman–Crippen MR) is 98.6 cm³/mol. The molecule has 1 N–H and O–H groups in total. The molecule has 1 aliphatic rings. The quantitative estimate of drug-likeness (QED) is 0.629. The third-order valence-electron chi connectivity index (χ3n) is 4.19. The Morgan fingerprint density at radius 3 is 2.75 bits per heavy atom. The molecule has 0 spiro atoms. The van der Waals surface area contributed by atoms with Gasteiger partial charge < -0.3 is 14.8 Å². The van der Waals surface area contributed by atoms with Gasteiger partial charge in [-0.15, -0.1) is 10.2 Å². The molecule has 0 saturated heterocycles. The summed E-state index contributed by atoms with van der Waals surface area (Å²) in [5.74, 6) is 2.68. The maximum absolute atomic E-state index is 4.77. The van der Waals surface area contributed by atoms with Crippen LogP contribution in [0.15, 0.2) is 33.7 Å². The summed E-state index contributed by atoms with van der Waals surface area (Å²) in [7, 11) is 4.04. The molecule has 0 amide bonds. The number of nitrogens with zero attached hydrogens (tertiary/aromatic N) is 5. The van der Waals surface area contributed by atoms with Crippen LogP contribution in [0.25, 0.3) is 0 Å². The molecule has 1 heterocycles. The standard InChI is InChI=1S/C17H23BrN6/c1-12-21-22-16(24(12)3)10-19-17(20-14-8-9-14)23(2)11-13-6-4-5-7-15(13)18/h4-7,14H,8-11H2,1-3H3,(H,19,20). The van der Waals surface area contributed by atoms with Gasteiger partial charge in [0.15, 0.2) is 11.8 Å². The van der Waals surface area contributed by atoms with E-state index in [1.165, 1.54) is 18.4 Å². The highest BCUT2D eigenvalue weighted by molar-refractivity contribution is 9.10. The summed E-state index contributed by atoms with van der Waals surface area (Å²) < 4.78 is 3.10. The van der Waals surface area contributed by atoms with E-state index in [1.807, 2.05) is 24.6 Å². The second-order valence-corrected chi connectivity index (χ2v) is 7.08. The van der Waals surface area contributed by atoms with Crippen LogP contribution in [-0.2, 0) is 20.1 Å². The van der Waals surface area contributed by atoms with Crippen LogP contribution < -0.4 is 5.32 Å². The molecule has 1 aromatic carbocycles. The van der Waals surface area contributed by atoms with Crippen LogP contribution in [0.5, 0.6) is 0 Å². The fourth-order valence-corrected chi connectivity index (χ4v) is 2.79. The lowest BCUT2D eigenvalue weighted by Gasteiger charge is -2.23. The highest BCUT2D eigenvalue weighted by Crippen LogP contribution is 2.20. The van der Waals surface area contributed by atoms with Gasteiger partial charge in [-0.3, -0.25) is 0 Å². The van der Waals surface area contributed by atoms with E-state index in [-0.39, 0.29) is 0 Å². The molecule has 1 saturated carbocycles. The van der Waals surface area contributed by atoms with Crippen LogP contribution >= 0.6 is 15.9 Å². The number of halogens is 1. The van der Waals surface area contributed by atoms with E-state index in [1.54, 1.807) is 0 Å². The Morgan fingerprint density at radius 1 is 1.38 bits per heavy atom. The normalized spacial score (nSPS) is 14.8. The van der Waals surface area contributed by atoms with Crippen LogP contribution in [0.1, 0.15) is 30.1 Å². The smallest absolute Gasteiger partial charge is 0.194 e. The first-order chi connectivity index (χ1) is 11.5. The van der Waals surface area contributed by atoms with Crippen LogP contribution in [0.3, 0.4) is 0 Å². The predicted octanol–water partition coefficient (Wildman–Crippen LogP) is 2.63. The van der Waals surface area contributed by atoms with E-state index >= 15 is 0 Å². The summed E-state index contributed by atoms with van der Waals surface area (Å²) in [5, 5.41) is 11.8. The molecule has 1 fully saturated rings. The summed E-state index contributed by atoms with van der Waals surface area (Å²) in [4.78, 5) is 6.92. The third kappa shape index (κ3) is 4.14. The number of rotatable bonds is 5. The van der Waals surface area contributed by atoms with Gasteiger partial charge in [0.05, 0.1) is 0 Å². The molecule has 0 atom stereocenters. The molecule has 1 aliphatic carbocycles. The van der Waals surface area contributed by atoms with E-state index in [0.717, 1.165) is 28.6 Å². The lowest BCUT2D eigenvalue weighted by molar-refractivity contribution is 0.472. The molecule has 128 valence electrons.